The van der Waals surface area contributed by atoms with Gasteiger partial charge in [-0.3, -0.25) is 0 Å². The lowest BCUT2D eigenvalue weighted by atomic mass is 10.3. The molecule has 11 heteroatoms. The van der Waals surface area contributed by atoms with Crippen molar-refractivity contribution in [2.75, 3.05) is 0 Å². The topological polar surface area (TPSA) is 57.2 Å². The lowest BCUT2D eigenvalue weighted by Gasteiger charge is -2.30. The van der Waals surface area contributed by atoms with Crippen LogP contribution in [0.1, 0.15) is 0 Å². The Hall–Kier alpha value is -0.479. The summed E-state index contributed by atoms with van der Waals surface area (Å²) >= 11 is -0.101. The van der Waals surface area contributed by atoms with Crippen LogP contribution in [-0.4, -0.2) is 42.7 Å². The van der Waals surface area contributed by atoms with Crippen LogP contribution in [0.4, 0.5) is 13.2 Å². The Morgan fingerprint density at radius 1 is 0.727 bits per heavy atom. The number of rotatable bonds is 5. The second-order valence-corrected chi connectivity index (χ2v) is 30.4. The van der Waals surface area contributed by atoms with Gasteiger partial charge < -0.3 is 4.55 Å². The average molecular weight is 647 g/mol. The summed E-state index contributed by atoms with van der Waals surface area (Å²) in [6.07, 6.45) is 0. The smallest absolute Gasteiger partial charge is 0.485 e. The summed E-state index contributed by atoms with van der Waals surface area (Å²) in [5, 5.41) is 5.20. The second kappa shape index (κ2) is 10.6. The van der Waals surface area contributed by atoms with Gasteiger partial charge in [0.05, 0.1) is 24.2 Å². The molecule has 0 amide bonds. The first kappa shape index (κ1) is 30.6. The minimum Gasteiger partial charge on any atom is -0.741 e. The van der Waals surface area contributed by atoms with Gasteiger partial charge in [0.15, 0.2) is 17.3 Å². The quantitative estimate of drug-likeness (QED) is 0.214. The van der Waals surface area contributed by atoms with E-state index in [1.807, 2.05) is 0 Å². The van der Waals surface area contributed by atoms with Crippen molar-refractivity contribution in [2.24, 2.45) is 0 Å². The van der Waals surface area contributed by atoms with Gasteiger partial charge in [-0.2, -0.15) is 13.2 Å². The van der Waals surface area contributed by atoms with Crippen LogP contribution in [0.2, 0.25) is 58.9 Å². The van der Waals surface area contributed by atoms with Gasteiger partial charge in [-0.05, 0) is 23.4 Å². The third-order valence-corrected chi connectivity index (χ3v) is 15.0. The summed E-state index contributed by atoms with van der Waals surface area (Å²) in [6, 6.07) is 16.5. The van der Waals surface area contributed by atoms with E-state index < -0.39 is 39.8 Å². The zero-order valence-electron chi connectivity index (χ0n) is 20.7. The monoisotopic (exact) mass is 646 g/mol. The highest BCUT2D eigenvalue weighted by atomic mass is 127. The minimum atomic E-state index is -6.09. The molecule has 0 N–H and O–H groups in total. The van der Waals surface area contributed by atoms with Crippen molar-refractivity contribution in [3.8, 4) is 0 Å². The first-order valence-electron chi connectivity index (χ1n) is 10.5. The molecule has 0 heterocycles. The third kappa shape index (κ3) is 9.24. The van der Waals surface area contributed by atoms with Crippen molar-refractivity contribution in [2.45, 2.75) is 64.4 Å². The number of hydrogen-bond acceptors (Lipinski definition) is 3. The van der Waals surface area contributed by atoms with Crippen LogP contribution in [0, 0.1) is 7.14 Å². The van der Waals surface area contributed by atoms with Gasteiger partial charge in [0.25, 0.3) is 0 Å². The molecule has 2 rings (SSSR count). The van der Waals surface area contributed by atoms with Gasteiger partial charge in [0, 0.05) is 0 Å². The number of hydrogen-bond donors (Lipinski definition) is 0. The normalized spacial score (nSPS) is 13.4. The number of halogens is 4. The molecule has 0 saturated heterocycles. The van der Waals surface area contributed by atoms with Crippen molar-refractivity contribution < 1.29 is 47.3 Å². The highest BCUT2D eigenvalue weighted by molar-refractivity contribution is 7.86. The Morgan fingerprint density at radius 2 is 1.09 bits per heavy atom. The summed E-state index contributed by atoms with van der Waals surface area (Å²) in [6.45, 7) is 22.7. The Balaban J connectivity index is 0.000000582. The second-order valence-electron chi connectivity index (χ2n) is 10.9. The highest BCUT2D eigenvalue weighted by Crippen LogP contribution is 2.20. The van der Waals surface area contributed by atoms with E-state index in [9.17, 15) is 13.2 Å². The zero-order valence-corrected chi connectivity index (χ0v) is 26.7. The van der Waals surface area contributed by atoms with Crippen LogP contribution in [0.25, 0.3) is 0 Å². The standard InChI is InChI=1S/C21H34ISi3.CHF3O3S/c1-23(2,3)19-16-21(25(7,8)9)20(24(4,5)6)15-18(19)22-17-13-11-10-12-14-17;2-1(3,4)8(5,6)7/h10-16H,1-9H3;(H,5,6,7)/q+1;/p-1. The maximum absolute atomic E-state index is 10.7. The maximum atomic E-state index is 10.7. The average Bonchev–Trinajstić information content (AvgIpc) is 2.58. The molecule has 2 aromatic carbocycles. The predicted molar refractivity (Wildman–Crippen MR) is 135 cm³/mol. The summed E-state index contributed by atoms with van der Waals surface area (Å²) in [5.41, 5.74) is -5.65. The Morgan fingerprint density at radius 3 is 1.42 bits per heavy atom. The molecule has 0 aromatic heterocycles. The fraction of sp³-hybridized carbons (Fsp3) is 0.455. The molecular formula is C22H34F3IO3SSi3. The lowest BCUT2D eigenvalue weighted by Crippen LogP contribution is -3.62. The van der Waals surface area contributed by atoms with E-state index in [2.05, 4.69) is 101 Å². The number of benzene rings is 2. The molecule has 0 saturated carbocycles. The molecule has 0 radical (unpaired) electrons. The van der Waals surface area contributed by atoms with E-state index in [4.69, 9.17) is 13.0 Å². The first-order chi connectivity index (χ1) is 14.5. The molecule has 0 atom stereocenters. The Labute approximate surface area is 210 Å². The van der Waals surface area contributed by atoms with Gasteiger partial charge in [0.1, 0.15) is 0 Å². The van der Waals surface area contributed by atoms with Crippen molar-refractivity contribution in [3.63, 3.8) is 0 Å². The Kier molecular flexibility index (Phi) is 9.85. The molecule has 33 heavy (non-hydrogen) atoms. The summed E-state index contributed by atoms with van der Waals surface area (Å²) < 4.78 is 62.1. The van der Waals surface area contributed by atoms with Crippen molar-refractivity contribution in [1.29, 1.82) is 0 Å². The van der Waals surface area contributed by atoms with Crippen LogP contribution in [0.3, 0.4) is 0 Å². The fourth-order valence-electron chi connectivity index (χ4n) is 3.06. The van der Waals surface area contributed by atoms with Crippen LogP contribution in [-0.2, 0) is 10.1 Å². The van der Waals surface area contributed by atoms with Gasteiger partial charge in [0.2, 0.25) is 0 Å². The molecule has 0 unspecified atom stereocenters. The van der Waals surface area contributed by atoms with Crippen molar-refractivity contribution in [1.82, 2.24) is 0 Å². The van der Waals surface area contributed by atoms with E-state index in [0.717, 1.165) is 0 Å². The largest absolute Gasteiger partial charge is 0.741 e. The van der Waals surface area contributed by atoms with E-state index >= 15 is 0 Å². The van der Waals surface area contributed by atoms with Gasteiger partial charge >= 0.3 is 26.7 Å². The molecular weight excluding hydrogens is 612 g/mol. The Bertz CT molecular complexity index is 1050. The lowest BCUT2D eigenvalue weighted by molar-refractivity contribution is -0.595. The number of alkyl halides is 3. The maximum Gasteiger partial charge on any atom is 0.485 e. The summed E-state index contributed by atoms with van der Waals surface area (Å²) in [4.78, 5) is 0. The molecule has 0 fully saturated rings. The van der Waals surface area contributed by atoms with Crippen LogP contribution in [0.5, 0.6) is 0 Å². The molecule has 3 nitrogen and oxygen atoms in total. The van der Waals surface area contributed by atoms with Crippen molar-refractivity contribution in [3.05, 3.63) is 49.6 Å². The molecule has 0 aliphatic rings. The SMILES string of the molecule is C[Si](C)(C)c1cc([Si](C)(C)C)c([Si](C)(C)C)cc1[I+]c1ccccc1.O=S(=O)([O-])C(F)(F)F. The minimum absolute atomic E-state index is 0.101. The van der Waals surface area contributed by atoms with E-state index in [1.54, 1.807) is 22.7 Å². The van der Waals surface area contributed by atoms with Crippen LogP contribution < -0.4 is 36.8 Å². The molecule has 0 aliphatic carbocycles. The zero-order chi connectivity index (χ0) is 26.0. The van der Waals surface area contributed by atoms with Crippen molar-refractivity contribution >= 4 is 49.9 Å². The van der Waals surface area contributed by atoms with Gasteiger partial charge in [-0.1, -0.05) is 93.6 Å². The van der Waals surface area contributed by atoms with E-state index in [0.29, 0.717) is 0 Å². The van der Waals surface area contributed by atoms with Gasteiger partial charge in [-0.15, -0.1) is 0 Å². The molecule has 0 bridgehead atoms. The molecule has 0 aliphatic heterocycles. The third-order valence-electron chi connectivity index (χ3n) is 4.76. The molecule has 186 valence electrons. The van der Waals surface area contributed by atoms with Crippen LogP contribution >= 0.6 is 0 Å². The van der Waals surface area contributed by atoms with E-state index in [1.165, 1.54) is 0 Å². The van der Waals surface area contributed by atoms with Crippen LogP contribution in [0.15, 0.2) is 42.5 Å². The van der Waals surface area contributed by atoms with Gasteiger partial charge in [-0.25, -0.2) is 8.42 Å². The summed E-state index contributed by atoms with van der Waals surface area (Å²) in [7, 11) is -10.1. The van der Waals surface area contributed by atoms with E-state index in [-0.39, 0.29) is 21.2 Å². The fourth-order valence-corrected chi connectivity index (χ4v) is 15.1. The summed E-state index contributed by atoms with van der Waals surface area (Å²) in [5.74, 6) is 0. The molecule has 2 aromatic rings. The highest BCUT2D eigenvalue weighted by Gasteiger charge is 2.37. The first-order valence-corrected chi connectivity index (χ1v) is 24.5. The molecule has 0 spiro atoms. The predicted octanol–water partition coefficient (Wildman–Crippen LogP) is 1.50.